The van der Waals surface area contributed by atoms with Crippen molar-refractivity contribution in [2.45, 2.75) is 31.7 Å². The van der Waals surface area contributed by atoms with E-state index in [0.29, 0.717) is 6.42 Å². The fraction of sp³-hybridized carbons (Fsp3) is 0.750. The van der Waals surface area contributed by atoms with Crippen LogP contribution in [-0.2, 0) is 14.3 Å². The molecule has 0 amide bonds. The first-order valence-electron chi connectivity index (χ1n) is 4.47. The molecular weight excluding hydrogens is 233 g/mol. The van der Waals surface area contributed by atoms with E-state index < -0.39 is 15.6 Å². The largest absolute Gasteiger partial charge is 0.534 e. The predicted molar refractivity (Wildman–Crippen MR) is 47.2 cm³/mol. The number of hydrogen-bond donors (Lipinski definition) is 0. The van der Waals surface area contributed by atoms with Crippen LogP contribution >= 0.6 is 0 Å². The molecule has 0 aromatic rings. The average molecular weight is 244 g/mol. The molecule has 88 valence electrons. The van der Waals surface area contributed by atoms with Gasteiger partial charge in [-0.05, 0) is 24.8 Å². The maximum atomic E-state index is 11.9. The third-order valence-corrected chi connectivity index (χ3v) is 3.21. The van der Waals surface area contributed by atoms with Crippen LogP contribution in [0, 0.1) is 5.92 Å². The van der Waals surface area contributed by atoms with Crippen molar-refractivity contribution >= 4 is 10.1 Å². The fourth-order valence-corrected chi connectivity index (χ4v) is 1.85. The molecule has 3 nitrogen and oxygen atoms in total. The van der Waals surface area contributed by atoms with Crippen LogP contribution in [0.25, 0.3) is 0 Å². The van der Waals surface area contributed by atoms with Gasteiger partial charge in [0.05, 0.1) is 0 Å². The molecule has 0 aromatic carbocycles. The summed E-state index contributed by atoms with van der Waals surface area (Å²) in [6.45, 7) is 1.88. The van der Waals surface area contributed by atoms with Gasteiger partial charge in [0, 0.05) is 6.42 Å². The molecule has 0 radical (unpaired) electrons. The monoisotopic (exact) mass is 244 g/mol. The number of alkyl halides is 3. The highest BCUT2D eigenvalue weighted by Crippen LogP contribution is 2.32. The Balaban J connectivity index is 2.72. The molecule has 0 heterocycles. The summed E-state index contributed by atoms with van der Waals surface area (Å²) in [5.41, 5.74) is -5.35. The Morgan fingerprint density at radius 3 is 2.53 bits per heavy atom. The minimum Gasteiger partial charge on any atom is -0.381 e. The van der Waals surface area contributed by atoms with E-state index in [0.717, 1.165) is 6.42 Å². The van der Waals surface area contributed by atoms with Gasteiger partial charge in [0.1, 0.15) is 5.76 Å². The van der Waals surface area contributed by atoms with Crippen molar-refractivity contribution in [1.82, 2.24) is 0 Å². The Morgan fingerprint density at radius 2 is 2.13 bits per heavy atom. The van der Waals surface area contributed by atoms with Crippen molar-refractivity contribution in [3.05, 3.63) is 11.8 Å². The summed E-state index contributed by atoms with van der Waals surface area (Å²) in [6, 6.07) is 0. The average Bonchev–Trinajstić information content (AvgIpc) is 2.49. The molecule has 0 unspecified atom stereocenters. The molecule has 15 heavy (non-hydrogen) atoms. The molecule has 0 aliphatic heterocycles. The summed E-state index contributed by atoms with van der Waals surface area (Å²) < 4.78 is 61.0. The Bertz CT molecular complexity index is 356. The highest BCUT2D eigenvalue weighted by atomic mass is 32.2. The Kier molecular flexibility index (Phi) is 3.32. The minimum absolute atomic E-state index is 0.0980. The predicted octanol–water partition coefficient (Wildman–Crippen LogP) is 2.56. The molecule has 0 saturated heterocycles. The zero-order chi connectivity index (χ0) is 11.7. The first kappa shape index (κ1) is 12.4. The third kappa shape index (κ3) is 2.87. The van der Waals surface area contributed by atoms with E-state index in [4.69, 9.17) is 0 Å². The quantitative estimate of drug-likeness (QED) is 0.566. The lowest BCUT2D eigenvalue weighted by Crippen LogP contribution is -2.25. The molecule has 1 atom stereocenters. The van der Waals surface area contributed by atoms with Crippen LogP contribution in [0.1, 0.15) is 26.2 Å². The molecule has 0 spiro atoms. The van der Waals surface area contributed by atoms with Crippen LogP contribution < -0.4 is 0 Å². The summed E-state index contributed by atoms with van der Waals surface area (Å²) in [7, 11) is -5.48. The van der Waals surface area contributed by atoms with Gasteiger partial charge in [-0.2, -0.15) is 21.6 Å². The molecule has 0 saturated carbocycles. The zero-order valence-electron chi connectivity index (χ0n) is 8.04. The van der Waals surface area contributed by atoms with Gasteiger partial charge in [-0.15, -0.1) is 0 Å². The van der Waals surface area contributed by atoms with Crippen LogP contribution in [0.3, 0.4) is 0 Å². The molecule has 0 N–H and O–H groups in total. The van der Waals surface area contributed by atoms with Crippen molar-refractivity contribution in [3.8, 4) is 0 Å². The van der Waals surface area contributed by atoms with Crippen LogP contribution in [0.5, 0.6) is 0 Å². The number of rotatable bonds is 3. The third-order valence-electron chi connectivity index (χ3n) is 2.21. The van der Waals surface area contributed by atoms with E-state index in [1.54, 1.807) is 0 Å². The lowest BCUT2D eigenvalue weighted by atomic mass is 10.1. The Morgan fingerprint density at radius 1 is 1.53 bits per heavy atom. The van der Waals surface area contributed by atoms with Gasteiger partial charge in [0.15, 0.2) is 0 Å². The van der Waals surface area contributed by atoms with Crippen LogP contribution in [0.2, 0.25) is 0 Å². The van der Waals surface area contributed by atoms with Gasteiger partial charge in [-0.25, -0.2) is 0 Å². The van der Waals surface area contributed by atoms with E-state index in [1.165, 1.54) is 6.08 Å². The van der Waals surface area contributed by atoms with Gasteiger partial charge in [0.25, 0.3) is 0 Å². The van der Waals surface area contributed by atoms with E-state index in [9.17, 15) is 21.6 Å². The highest BCUT2D eigenvalue weighted by molar-refractivity contribution is 7.87. The second-order valence-electron chi connectivity index (χ2n) is 3.32. The summed E-state index contributed by atoms with van der Waals surface area (Å²) in [5.74, 6) is 0.0163. The first-order chi connectivity index (χ1) is 6.76. The van der Waals surface area contributed by atoms with Crippen molar-refractivity contribution < 1.29 is 25.8 Å². The van der Waals surface area contributed by atoms with Gasteiger partial charge in [-0.1, -0.05) is 6.92 Å². The topological polar surface area (TPSA) is 43.4 Å². The van der Waals surface area contributed by atoms with E-state index >= 15 is 0 Å². The van der Waals surface area contributed by atoms with Crippen molar-refractivity contribution in [1.29, 1.82) is 0 Å². The molecule has 0 bridgehead atoms. The van der Waals surface area contributed by atoms with Crippen molar-refractivity contribution in [3.63, 3.8) is 0 Å². The number of hydrogen-bond acceptors (Lipinski definition) is 3. The van der Waals surface area contributed by atoms with Crippen LogP contribution in [0.15, 0.2) is 11.8 Å². The van der Waals surface area contributed by atoms with Gasteiger partial charge >= 0.3 is 15.6 Å². The van der Waals surface area contributed by atoms with Crippen LogP contribution in [-0.4, -0.2) is 13.9 Å². The van der Waals surface area contributed by atoms with E-state index in [-0.39, 0.29) is 18.1 Å². The van der Waals surface area contributed by atoms with Gasteiger partial charge in [0.2, 0.25) is 0 Å². The minimum atomic E-state index is -5.48. The lowest BCUT2D eigenvalue weighted by Gasteiger charge is -2.09. The van der Waals surface area contributed by atoms with Gasteiger partial charge < -0.3 is 4.18 Å². The highest BCUT2D eigenvalue weighted by Gasteiger charge is 2.49. The first-order valence-corrected chi connectivity index (χ1v) is 5.88. The molecule has 1 aliphatic rings. The molecular formula is C8H11F3O3S. The summed E-state index contributed by atoms with van der Waals surface area (Å²) in [4.78, 5) is 0. The second kappa shape index (κ2) is 4.03. The molecule has 0 aromatic heterocycles. The molecule has 7 heteroatoms. The Labute approximate surface area is 86.0 Å². The summed E-state index contributed by atoms with van der Waals surface area (Å²) in [5, 5.41) is 0. The zero-order valence-corrected chi connectivity index (χ0v) is 8.86. The van der Waals surface area contributed by atoms with Crippen LogP contribution in [0.4, 0.5) is 13.2 Å². The molecule has 1 rings (SSSR count). The van der Waals surface area contributed by atoms with Crippen molar-refractivity contribution in [2.24, 2.45) is 5.92 Å². The standard InChI is InChI=1S/C8H11F3O3S/c1-2-6-3-4-7(5-6)14-15(12,13)8(9,10)11/h5-6H,2-4H2,1H3/t6-/m0/s1. The normalized spacial score (nSPS) is 22.7. The lowest BCUT2D eigenvalue weighted by molar-refractivity contribution is -0.0522. The maximum Gasteiger partial charge on any atom is 0.534 e. The molecule has 1 aliphatic carbocycles. The number of halogens is 3. The SMILES string of the molecule is CC[C@@H]1C=C(OS(=O)(=O)C(F)(F)F)CC1. The number of allylic oxidation sites excluding steroid dienone is 2. The summed E-state index contributed by atoms with van der Waals surface area (Å²) in [6.07, 6.45) is 3.09. The fourth-order valence-electron chi connectivity index (χ4n) is 1.34. The Hall–Kier alpha value is -0.720. The smallest absolute Gasteiger partial charge is 0.381 e. The molecule has 0 fully saturated rings. The van der Waals surface area contributed by atoms with E-state index in [2.05, 4.69) is 4.18 Å². The van der Waals surface area contributed by atoms with Gasteiger partial charge in [-0.3, -0.25) is 0 Å². The second-order valence-corrected chi connectivity index (χ2v) is 4.86. The van der Waals surface area contributed by atoms with E-state index in [1.807, 2.05) is 6.92 Å². The maximum absolute atomic E-state index is 11.9. The van der Waals surface area contributed by atoms with Crippen molar-refractivity contribution in [2.75, 3.05) is 0 Å². The summed E-state index contributed by atoms with van der Waals surface area (Å²) >= 11 is 0.